The Labute approximate surface area is 115 Å². The molecule has 2 heterocycles. The zero-order valence-corrected chi connectivity index (χ0v) is 12.0. The van der Waals surface area contributed by atoms with Gasteiger partial charge in [-0.2, -0.15) is 0 Å². The highest BCUT2D eigenvalue weighted by molar-refractivity contribution is 5.41. The van der Waals surface area contributed by atoms with Gasteiger partial charge in [0.25, 0.3) is 0 Å². The monoisotopic (exact) mass is 261 g/mol. The standard InChI is InChI=1S/C16H23NO2/c1-4-12-9-17-11-16(18-12)10-15(2,3)19-14-8-6-5-7-13(14)16/h5-8,12,17H,4,9-11H2,1-3H3. The zero-order chi connectivity index (χ0) is 13.5. The van der Waals surface area contributed by atoms with Crippen LogP contribution < -0.4 is 10.1 Å². The fraction of sp³-hybridized carbons (Fsp3) is 0.625. The highest BCUT2D eigenvalue weighted by Gasteiger charge is 2.48. The number of morpholine rings is 1. The summed E-state index contributed by atoms with van der Waals surface area (Å²) >= 11 is 0. The van der Waals surface area contributed by atoms with Gasteiger partial charge in [0.15, 0.2) is 0 Å². The van der Waals surface area contributed by atoms with Gasteiger partial charge in [-0.25, -0.2) is 0 Å². The molecule has 3 heteroatoms. The molecule has 0 amide bonds. The van der Waals surface area contributed by atoms with Crippen LogP contribution in [0.15, 0.2) is 24.3 Å². The van der Waals surface area contributed by atoms with Gasteiger partial charge in [-0.3, -0.25) is 0 Å². The molecule has 1 aromatic carbocycles. The molecular formula is C16H23NO2. The van der Waals surface area contributed by atoms with Crippen LogP contribution in [0.3, 0.4) is 0 Å². The highest BCUT2D eigenvalue weighted by atomic mass is 16.5. The molecule has 0 aromatic heterocycles. The molecule has 3 rings (SSSR count). The lowest BCUT2D eigenvalue weighted by atomic mass is 9.79. The Morgan fingerprint density at radius 2 is 2.11 bits per heavy atom. The van der Waals surface area contributed by atoms with Crippen molar-refractivity contribution in [3.8, 4) is 5.75 Å². The molecule has 1 saturated heterocycles. The van der Waals surface area contributed by atoms with Gasteiger partial charge in [0.05, 0.1) is 6.10 Å². The first-order chi connectivity index (χ1) is 9.05. The molecule has 1 aromatic rings. The summed E-state index contributed by atoms with van der Waals surface area (Å²) in [7, 11) is 0. The van der Waals surface area contributed by atoms with Crippen LogP contribution in [0.1, 0.15) is 39.2 Å². The van der Waals surface area contributed by atoms with E-state index in [0.717, 1.165) is 31.7 Å². The molecule has 104 valence electrons. The zero-order valence-electron chi connectivity index (χ0n) is 12.0. The summed E-state index contributed by atoms with van der Waals surface area (Å²) in [6.45, 7) is 8.28. The van der Waals surface area contributed by atoms with E-state index < -0.39 is 0 Å². The van der Waals surface area contributed by atoms with E-state index in [1.165, 1.54) is 5.56 Å². The second-order valence-electron chi connectivity index (χ2n) is 6.31. The molecule has 0 saturated carbocycles. The number of ether oxygens (including phenoxy) is 2. The van der Waals surface area contributed by atoms with Crippen molar-refractivity contribution >= 4 is 0 Å². The largest absolute Gasteiger partial charge is 0.487 e. The summed E-state index contributed by atoms with van der Waals surface area (Å²) in [5, 5.41) is 3.54. The van der Waals surface area contributed by atoms with Crippen LogP contribution >= 0.6 is 0 Å². The first-order valence-corrected chi connectivity index (χ1v) is 7.22. The molecule has 0 radical (unpaired) electrons. The predicted molar refractivity (Wildman–Crippen MR) is 75.5 cm³/mol. The summed E-state index contributed by atoms with van der Waals surface area (Å²) < 4.78 is 12.6. The van der Waals surface area contributed by atoms with Gasteiger partial charge in [-0.05, 0) is 26.3 Å². The van der Waals surface area contributed by atoms with Crippen LogP contribution in [-0.4, -0.2) is 24.8 Å². The van der Waals surface area contributed by atoms with Gasteiger partial charge < -0.3 is 14.8 Å². The molecule has 0 bridgehead atoms. The lowest BCUT2D eigenvalue weighted by Crippen LogP contribution is -2.57. The number of hydrogen-bond acceptors (Lipinski definition) is 3. The van der Waals surface area contributed by atoms with Crippen molar-refractivity contribution in [1.82, 2.24) is 5.32 Å². The van der Waals surface area contributed by atoms with E-state index in [9.17, 15) is 0 Å². The maximum absolute atomic E-state index is 6.48. The first-order valence-electron chi connectivity index (χ1n) is 7.22. The molecule has 2 unspecified atom stereocenters. The summed E-state index contributed by atoms with van der Waals surface area (Å²) in [5.74, 6) is 0.970. The molecule has 3 nitrogen and oxygen atoms in total. The van der Waals surface area contributed by atoms with E-state index in [-0.39, 0.29) is 17.3 Å². The Kier molecular flexibility index (Phi) is 3.06. The summed E-state index contributed by atoms with van der Waals surface area (Å²) in [6.07, 6.45) is 2.22. The summed E-state index contributed by atoms with van der Waals surface area (Å²) in [5.41, 5.74) is 0.767. The number of para-hydroxylation sites is 1. The smallest absolute Gasteiger partial charge is 0.126 e. The Morgan fingerprint density at radius 3 is 2.89 bits per heavy atom. The fourth-order valence-electron chi connectivity index (χ4n) is 3.38. The minimum atomic E-state index is -0.239. The Balaban J connectivity index is 2.04. The number of rotatable bonds is 1. The lowest BCUT2D eigenvalue weighted by Gasteiger charge is -2.49. The van der Waals surface area contributed by atoms with E-state index in [2.05, 4.69) is 44.3 Å². The predicted octanol–water partition coefficient (Wildman–Crippen LogP) is 2.84. The summed E-state index contributed by atoms with van der Waals surface area (Å²) in [6, 6.07) is 8.30. The van der Waals surface area contributed by atoms with Crippen molar-refractivity contribution in [1.29, 1.82) is 0 Å². The van der Waals surface area contributed by atoms with Crippen LogP contribution in [0, 0.1) is 0 Å². The Morgan fingerprint density at radius 1 is 1.32 bits per heavy atom. The second-order valence-corrected chi connectivity index (χ2v) is 6.31. The maximum Gasteiger partial charge on any atom is 0.126 e. The van der Waals surface area contributed by atoms with Crippen LogP contribution in [0.5, 0.6) is 5.75 Å². The maximum atomic E-state index is 6.48. The SMILES string of the molecule is CCC1CNCC2(CC(C)(C)Oc3ccccc32)O1. The fourth-order valence-corrected chi connectivity index (χ4v) is 3.38. The third-order valence-corrected chi connectivity index (χ3v) is 4.11. The summed E-state index contributed by atoms with van der Waals surface area (Å²) in [4.78, 5) is 0. The van der Waals surface area contributed by atoms with Crippen LogP contribution in [0.2, 0.25) is 0 Å². The number of nitrogens with one attached hydrogen (secondary N) is 1. The van der Waals surface area contributed by atoms with Gasteiger partial charge in [-0.15, -0.1) is 0 Å². The third kappa shape index (κ3) is 2.26. The van der Waals surface area contributed by atoms with E-state index in [1.807, 2.05) is 6.07 Å². The minimum Gasteiger partial charge on any atom is -0.487 e. The minimum absolute atomic E-state index is 0.189. The number of benzene rings is 1. The van der Waals surface area contributed by atoms with Gasteiger partial charge in [0, 0.05) is 25.1 Å². The molecule has 0 aliphatic carbocycles. The van der Waals surface area contributed by atoms with Gasteiger partial charge in [-0.1, -0.05) is 25.1 Å². The Bertz CT molecular complexity index is 472. The number of fused-ring (bicyclic) bond motifs is 2. The third-order valence-electron chi connectivity index (χ3n) is 4.11. The molecule has 1 N–H and O–H groups in total. The van der Waals surface area contributed by atoms with E-state index in [4.69, 9.17) is 9.47 Å². The molecule has 2 aliphatic rings. The van der Waals surface area contributed by atoms with Crippen molar-refractivity contribution in [3.63, 3.8) is 0 Å². The normalized spacial score (nSPS) is 32.7. The van der Waals surface area contributed by atoms with Crippen molar-refractivity contribution in [2.45, 2.75) is 50.9 Å². The average molecular weight is 261 g/mol. The molecule has 2 aliphatic heterocycles. The van der Waals surface area contributed by atoms with E-state index in [1.54, 1.807) is 0 Å². The lowest BCUT2D eigenvalue weighted by molar-refractivity contribution is -0.162. The van der Waals surface area contributed by atoms with Crippen molar-refractivity contribution in [2.75, 3.05) is 13.1 Å². The topological polar surface area (TPSA) is 30.5 Å². The van der Waals surface area contributed by atoms with Crippen molar-refractivity contribution in [3.05, 3.63) is 29.8 Å². The van der Waals surface area contributed by atoms with Gasteiger partial charge >= 0.3 is 0 Å². The Hall–Kier alpha value is -1.06. The van der Waals surface area contributed by atoms with Crippen molar-refractivity contribution in [2.24, 2.45) is 0 Å². The van der Waals surface area contributed by atoms with Crippen molar-refractivity contribution < 1.29 is 9.47 Å². The van der Waals surface area contributed by atoms with Crippen LogP contribution in [0.4, 0.5) is 0 Å². The number of hydrogen-bond donors (Lipinski definition) is 1. The quantitative estimate of drug-likeness (QED) is 0.843. The van der Waals surface area contributed by atoms with E-state index >= 15 is 0 Å². The first kappa shape index (κ1) is 12.9. The average Bonchev–Trinajstić information content (AvgIpc) is 2.37. The van der Waals surface area contributed by atoms with E-state index in [0.29, 0.717) is 0 Å². The van der Waals surface area contributed by atoms with Crippen LogP contribution in [-0.2, 0) is 10.3 Å². The van der Waals surface area contributed by atoms with Crippen LogP contribution in [0.25, 0.3) is 0 Å². The highest BCUT2D eigenvalue weighted by Crippen LogP contribution is 2.47. The second kappa shape index (κ2) is 4.50. The molecule has 1 spiro atoms. The molecule has 2 atom stereocenters. The molecule has 1 fully saturated rings. The molecule has 19 heavy (non-hydrogen) atoms. The molecular weight excluding hydrogens is 238 g/mol. The van der Waals surface area contributed by atoms with Gasteiger partial charge in [0.2, 0.25) is 0 Å². The van der Waals surface area contributed by atoms with Gasteiger partial charge in [0.1, 0.15) is 17.0 Å².